The van der Waals surface area contributed by atoms with E-state index in [0.717, 1.165) is 24.3 Å². The van der Waals surface area contributed by atoms with Gasteiger partial charge in [0, 0.05) is 5.56 Å². The topological polar surface area (TPSA) is 18.1 Å². The fraction of sp³-hybridized carbons (Fsp3) is 0.700. The fourth-order valence-corrected chi connectivity index (χ4v) is 4.34. The van der Waals surface area contributed by atoms with E-state index in [4.69, 9.17) is 4.74 Å². The molecule has 1 aliphatic heterocycles. The van der Waals surface area contributed by atoms with Crippen LogP contribution in [0.15, 0.2) is 24.3 Å². The lowest BCUT2D eigenvalue weighted by molar-refractivity contribution is -1.03. The molecule has 0 unspecified atom stereocenters. The minimum Gasteiger partial charge on any atom is -0.494 e. The number of nitrogens with one attached hydrogen (secondary N) is 2. The van der Waals surface area contributed by atoms with Crippen molar-refractivity contribution in [1.29, 1.82) is 0 Å². The summed E-state index contributed by atoms with van der Waals surface area (Å²) in [6.45, 7) is 11.8. The predicted molar refractivity (Wildman–Crippen MR) is 94.1 cm³/mol. The molecule has 0 atom stereocenters. The highest BCUT2D eigenvalue weighted by atomic mass is 16.5. The molecule has 1 heterocycles. The Labute approximate surface area is 141 Å². The van der Waals surface area contributed by atoms with Crippen LogP contribution in [0.4, 0.5) is 0 Å². The van der Waals surface area contributed by atoms with E-state index in [1.807, 2.05) is 11.8 Å². The van der Waals surface area contributed by atoms with Gasteiger partial charge in [0.1, 0.15) is 38.5 Å². The minimum atomic E-state index is 0.745. The molecular formula is C20H34N2O+2. The number of quaternary nitrogens is 2. The summed E-state index contributed by atoms with van der Waals surface area (Å²) < 4.78 is 5.53. The van der Waals surface area contributed by atoms with Crippen LogP contribution in [0.2, 0.25) is 0 Å². The van der Waals surface area contributed by atoms with Crippen LogP contribution in [0.3, 0.4) is 0 Å². The monoisotopic (exact) mass is 318 g/mol. The lowest BCUT2D eigenvalue weighted by Crippen LogP contribution is -3.29. The van der Waals surface area contributed by atoms with E-state index >= 15 is 0 Å². The van der Waals surface area contributed by atoms with Crippen molar-refractivity contribution in [2.75, 3.05) is 32.8 Å². The van der Waals surface area contributed by atoms with Gasteiger partial charge in [-0.15, -0.1) is 0 Å². The maximum Gasteiger partial charge on any atom is 0.127 e. The molecule has 1 aromatic carbocycles. The summed E-state index contributed by atoms with van der Waals surface area (Å²) in [7, 11) is 0. The summed E-state index contributed by atoms with van der Waals surface area (Å²) in [5.41, 5.74) is 1.44. The van der Waals surface area contributed by atoms with Gasteiger partial charge in [0.15, 0.2) is 0 Å². The number of hydrogen-bond acceptors (Lipinski definition) is 1. The van der Waals surface area contributed by atoms with Crippen molar-refractivity contribution in [2.24, 2.45) is 5.92 Å². The highest BCUT2D eigenvalue weighted by molar-refractivity contribution is 5.26. The second kappa shape index (κ2) is 8.16. The van der Waals surface area contributed by atoms with Gasteiger partial charge >= 0.3 is 0 Å². The van der Waals surface area contributed by atoms with Crippen LogP contribution in [-0.2, 0) is 6.54 Å². The highest BCUT2D eigenvalue weighted by Crippen LogP contribution is 2.21. The molecule has 0 aromatic heterocycles. The van der Waals surface area contributed by atoms with Gasteiger partial charge in [-0.3, -0.25) is 0 Å². The first-order valence-electron chi connectivity index (χ1n) is 9.64. The van der Waals surface area contributed by atoms with Crippen LogP contribution < -0.4 is 14.5 Å². The van der Waals surface area contributed by atoms with Crippen molar-refractivity contribution in [3.8, 4) is 5.75 Å². The largest absolute Gasteiger partial charge is 0.494 e. The Hall–Kier alpha value is -1.06. The van der Waals surface area contributed by atoms with Crippen molar-refractivity contribution >= 4 is 0 Å². The summed E-state index contributed by atoms with van der Waals surface area (Å²) in [6, 6.07) is 9.66. The van der Waals surface area contributed by atoms with Crippen LogP contribution in [-0.4, -0.2) is 38.8 Å². The molecule has 0 radical (unpaired) electrons. The van der Waals surface area contributed by atoms with Gasteiger partial charge in [-0.25, -0.2) is 0 Å². The highest BCUT2D eigenvalue weighted by Gasteiger charge is 2.31. The normalized spacial score (nSPS) is 31.7. The van der Waals surface area contributed by atoms with Crippen molar-refractivity contribution in [3.63, 3.8) is 0 Å². The van der Waals surface area contributed by atoms with Crippen molar-refractivity contribution in [1.82, 2.24) is 0 Å². The van der Waals surface area contributed by atoms with Gasteiger partial charge in [-0.2, -0.15) is 0 Å². The average molecular weight is 319 g/mol. The number of rotatable bonds is 5. The molecule has 3 nitrogen and oxygen atoms in total. The second-order valence-corrected chi connectivity index (χ2v) is 7.62. The van der Waals surface area contributed by atoms with E-state index in [-0.39, 0.29) is 0 Å². The van der Waals surface area contributed by atoms with E-state index in [0.29, 0.717) is 0 Å². The first kappa shape index (κ1) is 16.8. The van der Waals surface area contributed by atoms with Crippen LogP contribution >= 0.6 is 0 Å². The zero-order valence-corrected chi connectivity index (χ0v) is 14.9. The van der Waals surface area contributed by atoms with Crippen LogP contribution in [0.1, 0.15) is 45.1 Å². The molecule has 1 saturated heterocycles. The number of hydrogen-bond donors (Lipinski definition) is 2. The fourth-order valence-electron chi connectivity index (χ4n) is 4.34. The van der Waals surface area contributed by atoms with Gasteiger partial charge in [-0.1, -0.05) is 6.92 Å². The van der Waals surface area contributed by atoms with Crippen LogP contribution in [0, 0.1) is 5.92 Å². The zero-order chi connectivity index (χ0) is 16.1. The third-order valence-electron chi connectivity index (χ3n) is 5.88. The quantitative estimate of drug-likeness (QED) is 0.827. The molecule has 2 aliphatic rings. The minimum absolute atomic E-state index is 0.745. The van der Waals surface area contributed by atoms with Crippen molar-refractivity contribution < 1.29 is 14.5 Å². The van der Waals surface area contributed by atoms with E-state index < -0.39 is 0 Å². The molecule has 128 valence electrons. The standard InChI is InChI=1S/C20H32N2O/c1-3-23-20-10-6-18(7-11-20)16-21-12-14-22(15-13-21)19-8-4-17(2)5-9-19/h6-7,10-11,17,19H,3-5,8-9,12-16H2,1-2H3/p+2. The lowest BCUT2D eigenvalue weighted by Gasteiger charge is -2.37. The molecule has 2 fully saturated rings. The Morgan fingerprint density at radius 1 is 0.957 bits per heavy atom. The third kappa shape index (κ3) is 4.71. The Balaban J connectivity index is 1.43. The summed E-state index contributed by atoms with van der Waals surface area (Å²) in [5, 5.41) is 0. The number of benzene rings is 1. The van der Waals surface area contributed by atoms with E-state index in [2.05, 4.69) is 31.2 Å². The molecule has 0 spiro atoms. The Morgan fingerprint density at radius 2 is 1.61 bits per heavy atom. The van der Waals surface area contributed by atoms with Gasteiger partial charge in [0.25, 0.3) is 0 Å². The number of ether oxygens (including phenoxy) is 1. The summed E-state index contributed by atoms with van der Waals surface area (Å²) in [4.78, 5) is 3.65. The Kier molecular flexibility index (Phi) is 5.96. The summed E-state index contributed by atoms with van der Waals surface area (Å²) in [6.07, 6.45) is 5.84. The molecule has 23 heavy (non-hydrogen) atoms. The molecule has 3 heteroatoms. The molecule has 1 aromatic rings. The third-order valence-corrected chi connectivity index (χ3v) is 5.88. The van der Waals surface area contributed by atoms with Crippen LogP contribution in [0.25, 0.3) is 0 Å². The molecule has 0 amide bonds. The Morgan fingerprint density at radius 3 is 2.22 bits per heavy atom. The maximum atomic E-state index is 5.53. The van der Waals surface area contributed by atoms with E-state index in [1.54, 1.807) is 4.90 Å². The van der Waals surface area contributed by atoms with E-state index in [1.165, 1.54) is 64.0 Å². The summed E-state index contributed by atoms with van der Waals surface area (Å²) in [5.74, 6) is 1.96. The van der Waals surface area contributed by atoms with Crippen molar-refractivity contribution in [2.45, 2.75) is 52.1 Å². The molecule has 2 N–H and O–H groups in total. The average Bonchev–Trinajstić information content (AvgIpc) is 2.58. The Bertz CT molecular complexity index is 457. The smallest absolute Gasteiger partial charge is 0.127 e. The SMILES string of the molecule is CCOc1ccc(C[NH+]2CC[NH+](C3CCC(C)CC3)CC2)cc1. The lowest BCUT2D eigenvalue weighted by atomic mass is 9.86. The molecule has 0 bridgehead atoms. The van der Waals surface area contributed by atoms with Gasteiger partial charge < -0.3 is 14.5 Å². The first-order chi connectivity index (χ1) is 11.2. The van der Waals surface area contributed by atoms with Gasteiger partial charge in [0.05, 0.1) is 12.6 Å². The summed E-state index contributed by atoms with van der Waals surface area (Å²) >= 11 is 0. The number of piperazine rings is 1. The zero-order valence-electron chi connectivity index (χ0n) is 14.9. The molecule has 3 rings (SSSR count). The predicted octanol–water partition coefficient (Wildman–Crippen LogP) is 0.947. The van der Waals surface area contributed by atoms with Gasteiger partial charge in [0.2, 0.25) is 0 Å². The molecular weight excluding hydrogens is 284 g/mol. The second-order valence-electron chi connectivity index (χ2n) is 7.62. The van der Waals surface area contributed by atoms with E-state index in [9.17, 15) is 0 Å². The van der Waals surface area contributed by atoms with Crippen LogP contribution in [0.5, 0.6) is 5.75 Å². The van der Waals surface area contributed by atoms with Crippen molar-refractivity contribution in [3.05, 3.63) is 29.8 Å². The maximum absolute atomic E-state index is 5.53. The molecule has 1 saturated carbocycles. The first-order valence-corrected chi connectivity index (χ1v) is 9.64. The molecule has 1 aliphatic carbocycles. The van der Waals surface area contributed by atoms with Gasteiger partial charge in [-0.05, 0) is 62.8 Å².